The topological polar surface area (TPSA) is 17.1 Å². The highest BCUT2D eigenvalue weighted by Crippen LogP contribution is 2.39. The molecule has 1 aliphatic carbocycles. The van der Waals surface area contributed by atoms with Gasteiger partial charge in [-0.3, -0.25) is 4.79 Å². The Morgan fingerprint density at radius 2 is 1.88 bits per heavy atom. The van der Waals surface area contributed by atoms with E-state index >= 15 is 0 Å². The van der Waals surface area contributed by atoms with Gasteiger partial charge in [-0.15, -0.1) is 0 Å². The van der Waals surface area contributed by atoms with Crippen LogP contribution in [0.3, 0.4) is 0 Å². The molecule has 0 unspecified atom stereocenters. The number of allylic oxidation sites excluding steroid dienone is 2. The van der Waals surface area contributed by atoms with Crippen LogP contribution in [0.25, 0.3) is 0 Å². The van der Waals surface area contributed by atoms with Crippen LogP contribution in [0.2, 0.25) is 0 Å². The van der Waals surface area contributed by atoms with Crippen molar-refractivity contribution in [3.8, 4) is 0 Å². The summed E-state index contributed by atoms with van der Waals surface area (Å²) in [5, 5.41) is 0. The van der Waals surface area contributed by atoms with Gasteiger partial charge in [-0.1, -0.05) is 39.7 Å². The van der Waals surface area contributed by atoms with E-state index in [1.807, 2.05) is 6.08 Å². The Morgan fingerprint density at radius 1 is 1.29 bits per heavy atom. The molecule has 1 saturated carbocycles. The van der Waals surface area contributed by atoms with Crippen molar-refractivity contribution in [2.75, 3.05) is 0 Å². The van der Waals surface area contributed by atoms with E-state index in [0.29, 0.717) is 11.2 Å². The number of hydrogen-bond donors (Lipinski definition) is 0. The van der Waals surface area contributed by atoms with Crippen molar-refractivity contribution < 1.29 is 4.79 Å². The molecule has 0 saturated heterocycles. The van der Waals surface area contributed by atoms with Crippen molar-refractivity contribution >= 4 is 5.78 Å². The molecule has 0 amide bonds. The largest absolute Gasteiger partial charge is 0.295 e. The van der Waals surface area contributed by atoms with E-state index in [1.54, 1.807) is 0 Å². The van der Waals surface area contributed by atoms with Crippen LogP contribution in [0, 0.1) is 11.3 Å². The van der Waals surface area contributed by atoms with Crippen molar-refractivity contribution in [3.05, 3.63) is 11.6 Å². The fourth-order valence-electron chi connectivity index (χ4n) is 2.65. The van der Waals surface area contributed by atoms with Crippen LogP contribution >= 0.6 is 0 Å². The Balaban J connectivity index is 2.41. The third-order valence-corrected chi connectivity index (χ3v) is 3.99. The third-order valence-electron chi connectivity index (χ3n) is 3.99. The number of ketones is 1. The minimum atomic E-state index is 0.344. The van der Waals surface area contributed by atoms with E-state index in [2.05, 4.69) is 27.7 Å². The maximum atomic E-state index is 11.7. The SMILES string of the molecule is CCCCC(=O)C=C1CCC(C(C)(C)C)CC1. The summed E-state index contributed by atoms with van der Waals surface area (Å²) in [6.45, 7) is 9.13. The van der Waals surface area contributed by atoms with Gasteiger partial charge in [-0.05, 0) is 49.5 Å². The maximum absolute atomic E-state index is 11.7. The van der Waals surface area contributed by atoms with E-state index in [-0.39, 0.29) is 0 Å². The fourth-order valence-corrected chi connectivity index (χ4v) is 2.65. The zero-order valence-electron chi connectivity index (χ0n) is 12.0. The van der Waals surface area contributed by atoms with Crippen LogP contribution in [0.5, 0.6) is 0 Å². The smallest absolute Gasteiger partial charge is 0.155 e. The van der Waals surface area contributed by atoms with Crippen LogP contribution in [0.1, 0.15) is 72.6 Å². The third kappa shape index (κ3) is 5.06. The molecule has 0 aromatic carbocycles. The van der Waals surface area contributed by atoms with Crippen molar-refractivity contribution in [2.45, 2.75) is 72.6 Å². The fraction of sp³-hybridized carbons (Fsp3) is 0.812. The lowest BCUT2D eigenvalue weighted by atomic mass is 9.71. The molecular weight excluding hydrogens is 208 g/mol. The summed E-state index contributed by atoms with van der Waals surface area (Å²) in [5.41, 5.74) is 1.82. The molecule has 0 radical (unpaired) electrons. The van der Waals surface area contributed by atoms with Crippen LogP contribution in [0.4, 0.5) is 0 Å². The zero-order chi connectivity index (χ0) is 12.9. The van der Waals surface area contributed by atoms with E-state index in [1.165, 1.54) is 18.4 Å². The molecular formula is C16H28O. The normalized spacial score (nSPS) is 21.4. The van der Waals surface area contributed by atoms with Crippen molar-refractivity contribution in [1.29, 1.82) is 0 Å². The predicted octanol–water partition coefficient (Wildman–Crippen LogP) is 4.91. The van der Waals surface area contributed by atoms with E-state index < -0.39 is 0 Å². The molecule has 1 rings (SSSR count). The summed E-state index contributed by atoms with van der Waals surface area (Å²) in [7, 11) is 0. The van der Waals surface area contributed by atoms with E-state index in [0.717, 1.165) is 38.0 Å². The van der Waals surface area contributed by atoms with Crippen LogP contribution < -0.4 is 0 Å². The molecule has 0 heterocycles. The van der Waals surface area contributed by atoms with E-state index in [9.17, 15) is 4.79 Å². The molecule has 1 nitrogen and oxygen atoms in total. The van der Waals surface area contributed by atoms with Gasteiger partial charge in [0, 0.05) is 6.42 Å². The number of carbonyl (C=O) groups excluding carboxylic acids is 1. The Labute approximate surface area is 107 Å². The molecule has 0 N–H and O–H groups in total. The van der Waals surface area contributed by atoms with Gasteiger partial charge in [-0.25, -0.2) is 0 Å². The van der Waals surface area contributed by atoms with Crippen molar-refractivity contribution in [2.24, 2.45) is 11.3 Å². The lowest BCUT2D eigenvalue weighted by Crippen LogP contribution is -2.23. The molecule has 0 aromatic heterocycles. The lowest BCUT2D eigenvalue weighted by Gasteiger charge is -2.34. The molecule has 0 aromatic rings. The lowest BCUT2D eigenvalue weighted by molar-refractivity contribution is -0.114. The summed E-state index contributed by atoms with van der Waals surface area (Å²) in [4.78, 5) is 11.7. The quantitative estimate of drug-likeness (QED) is 0.634. The molecule has 0 atom stereocenters. The Kier molecular flexibility index (Phi) is 5.42. The molecule has 1 heteroatoms. The first kappa shape index (κ1) is 14.5. The average molecular weight is 236 g/mol. The predicted molar refractivity (Wildman–Crippen MR) is 74.0 cm³/mol. The highest BCUT2D eigenvalue weighted by molar-refractivity contribution is 5.90. The summed E-state index contributed by atoms with van der Waals surface area (Å²) in [6, 6.07) is 0. The molecule has 1 fully saturated rings. The molecule has 98 valence electrons. The van der Waals surface area contributed by atoms with Gasteiger partial charge in [-0.2, -0.15) is 0 Å². The molecule has 0 spiro atoms. The standard InChI is InChI=1S/C16H28O/c1-5-6-7-15(17)12-13-8-10-14(11-9-13)16(2,3)4/h12,14H,5-11H2,1-4H3. The second kappa shape index (κ2) is 6.37. The van der Waals surface area contributed by atoms with Gasteiger partial charge >= 0.3 is 0 Å². The Morgan fingerprint density at radius 3 is 2.35 bits per heavy atom. The molecule has 0 aliphatic heterocycles. The van der Waals surface area contributed by atoms with Crippen LogP contribution in [-0.4, -0.2) is 5.78 Å². The first-order chi connectivity index (χ1) is 7.93. The van der Waals surface area contributed by atoms with Crippen LogP contribution in [-0.2, 0) is 4.79 Å². The summed E-state index contributed by atoms with van der Waals surface area (Å²) >= 11 is 0. The minimum Gasteiger partial charge on any atom is -0.295 e. The van der Waals surface area contributed by atoms with E-state index in [4.69, 9.17) is 0 Å². The zero-order valence-corrected chi connectivity index (χ0v) is 12.0. The first-order valence-electron chi connectivity index (χ1n) is 7.15. The molecule has 17 heavy (non-hydrogen) atoms. The maximum Gasteiger partial charge on any atom is 0.155 e. The number of carbonyl (C=O) groups is 1. The summed E-state index contributed by atoms with van der Waals surface area (Å²) in [5.74, 6) is 1.17. The second-order valence-electron chi connectivity index (χ2n) is 6.51. The highest BCUT2D eigenvalue weighted by atomic mass is 16.1. The van der Waals surface area contributed by atoms with Gasteiger partial charge in [0.05, 0.1) is 0 Å². The Bertz CT molecular complexity index is 270. The second-order valence-corrected chi connectivity index (χ2v) is 6.51. The first-order valence-corrected chi connectivity index (χ1v) is 7.15. The van der Waals surface area contributed by atoms with Gasteiger partial charge in [0.1, 0.15) is 0 Å². The van der Waals surface area contributed by atoms with Crippen LogP contribution in [0.15, 0.2) is 11.6 Å². The average Bonchev–Trinajstić information content (AvgIpc) is 2.26. The van der Waals surface area contributed by atoms with Gasteiger partial charge in [0.2, 0.25) is 0 Å². The molecule has 1 aliphatic rings. The highest BCUT2D eigenvalue weighted by Gasteiger charge is 2.27. The number of unbranched alkanes of at least 4 members (excludes halogenated alkanes) is 1. The van der Waals surface area contributed by atoms with Gasteiger partial charge < -0.3 is 0 Å². The summed E-state index contributed by atoms with van der Waals surface area (Å²) < 4.78 is 0. The monoisotopic (exact) mass is 236 g/mol. The Hall–Kier alpha value is -0.590. The van der Waals surface area contributed by atoms with Crippen molar-refractivity contribution in [1.82, 2.24) is 0 Å². The number of rotatable bonds is 4. The molecule has 0 bridgehead atoms. The van der Waals surface area contributed by atoms with Gasteiger partial charge in [0.15, 0.2) is 5.78 Å². The van der Waals surface area contributed by atoms with Gasteiger partial charge in [0.25, 0.3) is 0 Å². The minimum absolute atomic E-state index is 0.344. The number of hydrogen-bond acceptors (Lipinski definition) is 1. The van der Waals surface area contributed by atoms with Crippen molar-refractivity contribution in [3.63, 3.8) is 0 Å². The summed E-state index contributed by atoms with van der Waals surface area (Å²) in [6.07, 6.45) is 9.62.